The Morgan fingerprint density at radius 3 is 2.40 bits per heavy atom. The van der Waals surface area contributed by atoms with Crippen LogP contribution >= 0.6 is 0 Å². The molecule has 0 spiro atoms. The monoisotopic (exact) mass is 205 g/mol. The zero-order valence-corrected chi connectivity index (χ0v) is 9.79. The minimum absolute atomic E-state index is 0.193. The third-order valence-electron chi connectivity index (χ3n) is 2.58. The highest BCUT2D eigenvalue weighted by Gasteiger charge is 2.13. The van der Waals surface area contributed by atoms with E-state index < -0.39 is 0 Å². The van der Waals surface area contributed by atoms with Crippen LogP contribution in [-0.4, -0.2) is 12.5 Å². The largest absolute Gasteiger partial charge is 0.312 e. The highest BCUT2D eigenvalue weighted by atomic mass is 16.2. The molecule has 2 nitrogen and oxygen atoms in total. The van der Waals surface area contributed by atoms with Gasteiger partial charge in [-0.2, -0.15) is 0 Å². The first-order valence-corrected chi connectivity index (χ1v) is 5.62. The maximum atomic E-state index is 11.7. The molecule has 0 N–H and O–H groups in total. The quantitative estimate of drug-likeness (QED) is 0.740. The summed E-state index contributed by atoms with van der Waals surface area (Å²) in [6.45, 7) is 6.77. The van der Waals surface area contributed by atoms with Crippen LogP contribution in [0.25, 0.3) is 0 Å². The van der Waals surface area contributed by atoms with Gasteiger partial charge in [-0.15, -0.1) is 0 Å². The molecule has 1 aromatic carbocycles. The van der Waals surface area contributed by atoms with Gasteiger partial charge in [-0.05, 0) is 25.0 Å². The lowest BCUT2D eigenvalue weighted by Gasteiger charge is -2.23. The summed E-state index contributed by atoms with van der Waals surface area (Å²) in [5, 5.41) is 0. The van der Waals surface area contributed by atoms with Crippen LogP contribution in [0.1, 0.15) is 32.8 Å². The summed E-state index contributed by atoms with van der Waals surface area (Å²) in [6.07, 6.45) is 1.52. The molecule has 0 unspecified atom stereocenters. The SMILES string of the molecule is CCC(=O)N(CC)c1ccccc1CC. The van der Waals surface area contributed by atoms with E-state index in [1.165, 1.54) is 5.56 Å². The van der Waals surface area contributed by atoms with Gasteiger partial charge in [0.1, 0.15) is 0 Å². The van der Waals surface area contributed by atoms with E-state index in [1.54, 1.807) is 0 Å². The first-order chi connectivity index (χ1) is 7.24. The fourth-order valence-corrected chi connectivity index (χ4v) is 1.75. The molecule has 0 radical (unpaired) electrons. The Hall–Kier alpha value is -1.31. The van der Waals surface area contributed by atoms with Gasteiger partial charge >= 0.3 is 0 Å². The molecule has 0 aromatic heterocycles. The Morgan fingerprint density at radius 1 is 1.20 bits per heavy atom. The molecule has 0 bridgehead atoms. The van der Waals surface area contributed by atoms with E-state index in [0.717, 1.165) is 18.7 Å². The van der Waals surface area contributed by atoms with Gasteiger partial charge in [-0.1, -0.05) is 32.0 Å². The lowest BCUT2D eigenvalue weighted by atomic mass is 10.1. The number of benzene rings is 1. The van der Waals surface area contributed by atoms with E-state index in [1.807, 2.05) is 36.9 Å². The lowest BCUT2D eigenvalue weighted by molar-refractivity contribution is -0.118. The summed E-state index contributed by atoms with van der Waals surface area (Å²) in [5.41, 5.74) is 2.30. The molecule has 82 valence electrons. The van der Waals surface area contributed by atoms with Crippen molar-refractivity contribution in [2.45, 2.75) is 33.6 Å². The predicted molar refractivity (Wildman–Crippen MR) is 64.1 cm³/mol. The number of aryl methyl sites for hydroxylation is 1. The van der Waals surface area contributed by atoms with Crippen molar-refractivity contribution in [3.63, 3.8) is 0 Å². The average molecular weight is 205 g/mol. The summed E-state index contributed by atoms with van der Waals surface area (Å²) in [4.78, 5) is 13.6. The minimum atomic E-state index is 0.193. The van der Waals surface area contributed by atoms with E-state index in [0.29, 0.717) is 6.42 Å². The number of hydrogen-bond donors (Lipinski definition) is 0. The van der Waals surface area contributed by atoms with E-state index in [2.05, 4.69) is 13.0 Å². The summed E-state index contributed by atoms with van der Waals surface area (Å²) in [6, 6.07) is 8.11. The smallest absolute Gasteiger partial charge is 0.226 e. The maximum Gasteiger partial charge on any atom is 0.226 e. The van der Waals surface area contributed by atoms with Crippen molar-refractivity contribution in [3.05, 3.63) is 29.8 Å². The number of hydrogen-bond acceptors (Lipinski definition) is 1. The van der Waals surface area contributed by atoms with Crippen LogP contribution < -0.4 is 4.90 Å². The molecule has 1 rings (SSSR count). The lowest BCUT2D eigenvalue weighted by Crippen LogP contribution is -2.30. The van der Waals surface area contributed by atoms with Gasteiger partial charge in [-0.3, -0.25) is 4.79 Å². The first-order valence-electron chi connectivity index (χ1n) is 5.62. The highest BCUT2D eigenvalue weighted by Crippen LogP contribution is 2.21. The number of para-hydroxylation sites is 1. The van der Waals surface area contributed by atoms with Gasteiger partial charge in [0.25, 0.3) is 0 Å². The second-order valence-electron chi connectivity index (χ2n) is 3.47. The van der Waals surface area contributed by atoms with Crippen molar-refractivity contribution >= 4 is 11.6 Å². The summed E-state index contributed by atoms with van der Waals surface area (Å²) < 4.78 is 0. The van der Waals surface area contributed by atoms with Crippen molar-refractivity contribution in [1.29, 1.82) is 0 Å². The topological polar surface area (TPSA) is 20.3 Å². The summed E-state index contributed by atoms with van der Waals surface area (Å²) in [5.74, 6) is 0.193. The molecule has 2 heteroatoms. The van der Waals surface area contributed by atoms with Crippen molar-refractivity contribution in [3.8, 4) is 0 Å². The van der Waals surface area contributed by atoms with Crippen molar-refractivity contribution in [1.82, 2.24) is 0 Å². The Morgan fingerprint density at radius 2 is 1.87 bits per heavy atom. The molecule has 0 saturated carbocycles. The van der Waals surface area contributed by atoms with Gasteiger partial charge in [0.15, 0.2) is 0 Å². The first kappa shape index (κ1) is 11.8. The zero-order chi connectivity index (χ0) is 11.3. The Balaban J connectivity index is 3.05. The minimum Gasteiger partial charge on any atom is -0.312 e. The maximum absolute atomic E-state index is 11.7. The molecule has 0 aliphatic carbocycles. The normalized spacial score (nSPS) is 10.1. The molecule has 0 saturated heterocycles. The van der Waals surface area contributed by atoms with E-state index >= 15 is 0 Å². The van der Waals surface area contributed by atoms with Crippen molar-refractivity contribution in [2.24, 2.45) is 0 Å². The number of nitrogens with zero attached hydrogens (tertiary/aromatic N) is 1. The highest BCUT2D eigenvalue weighted by molar-refractivity contribution is 5.93. The van der Waals surface area contributed by atoms with E-state index in [9.17, 15) is 4.79 Å². The van der Waals surface area contributed by atoms with Crippen LogP contribution in [0.15, 0.2) is 24.3 Å². The number of carbonyl (C=O) groups excluding carboxylic acids is 1. The fourth-order valence-electron chi connectivity index (χ4n) is 1.75. The standard InChI is InChI=1S/C13H19NO/c1-4-11-9-7-8-10-12(11)14(6-3)13(15)5-2/h7-10H,4-6H2,1-3H3. The second-order valence-corrected chi connectivity index (χ2v) is 3.47. The number of rotatable bonds is 4. The third-order valence-corrected chi connectivity index (χ3v) is 2.58. The number of anilines is 1. The molecule has 0 aliphatic heterocycles. The van der Waals surface area contributed by atoms with Gasteiger partial charge in [-0.25, -0.2) is 0 Å². The molecule has 15 heavy (non-hydrogen) atoms. The summed E-state index contributed by atoms with van der Waals surface area (Å²) >= 11 is 0. The number of carbonyl (C=O) groups is 1. The van der Waals surface area contributed by atoms with Crippen molar-refractivity contribution < 1.29 is 4.79 Å². The Kier molecular flexibility index (Phi) is 4.35. The Bertz CT molecular complexity index is 333. The average Bonchev–Trinajstić information content (AvgIpc) is 2.30. The Labute approximate surface area is 91.9 Å². The molecular weight excluding hydrogens is 186 g/mol. The van der Waals surface area contributed by atoms with E-state index in [4.69, 9.17) is 0 Å². The van der Waals surface area contributed by atoms with Crippen LogP contribution in [0.5, 0.6) is 0 Å². The molecule has 0 atom stereocenters. The zero-order valence-electron chi connectivity index (χ0n) is 9.79. The van der Waals surface area contributed by atoms with Crippen LogP contribution in [0.3, 0.4) is 0 Å². The van der Waals surface area contributed by atoms with Gasteiger partial charge in [0.2, 0.25) is 5.91 Å². The molecular formula is C13H19NO. The van der Waals surface area contributed by atoms with Gasteiger partial charge in [0, 0.05) is 18.7 Å². The molecule has 0 fully saturated rings. The fraction of sp³-hybridized carbons (Fsp3) is 0.462. The van der Waals surface area contributed by atoms with Crippen LogP contribution in [0.4, 0.5) is 5.69 Å². The molecule has 1 amide bonds. The van der Waals surface area contributed by atoms with Crippen LogP contribution in [-0.2, 0) is 11.2 Å². The van der Waals surface area contributed by atoms with Gasteiger partial charge in [0.05, 0.1) is 0 Å². The second kappa shape index (κ2) is 5.54. The van der Waals surface area contributed by atoms with Crippen molar-refractivity contribution in [2.75, 3.05) is 11.4 Å². The molecule has 0 aliphatic rings. The molecule has 1 aromatic rings. The molecule has 0 heterocycles. The van der Waals surface area contributed by atoms with Crippen LogP contribution in [0, 0.1) is 0 Å². The van der Waals surface area contributed by atoms with Crippen LogP contribution in [0.2, 0.25) is 0 Å². The third kappa shape index (κ3) is 2.58. The summed E-state index contributed by atoms with van der Waals surface area (Å²) in [7, 11) is 0. The number of amides is 1. The van der Waals surface area contributed by atoms with Gasteiger partial charge < -0.3 is 4.90 Å². The predicted octanol–water partition coefficient (Wildman–Crippen LogP) is 3.01. The van der Waals surface area contributed by atoms with E-state index in [-0.39, 0.29) is 5.91 Å².